The molecule has 1 aliphatic heterocycles. The van der Waals surface area contributed by atoms with Crippen molar-refractivity contribution >= 4 is 15.9 Å². The molecule has 0 saturated carbocycles. The van der Waals surface area contributed by atoms with Crippen molar-refractivity contribution in [1.82, 2.24) is 15.2 Å². The highest BCUT2D eigenvalue weighted by molar-refractivity contribution is 9.10. The van der Waals surface area contributed by atoms with Gasteiger partial charge in [0, 0.05) is 30.3 Å². The molecule has 1 aromatic rings. The van der Waals surface area contributed by atoms with Gasteiger partial charge in [0.05, 0.1) is 11.7 Å². The van der Waals surface area contributed by atoms with Crippen LogP contribution in [0.4, 0.5) is 0 Å². The van der Waals surface area contributed by atoms with Gasteiger partial charge in [-0.15, -0.1) is 0 Å². The number of nitrogens with one attached hydrogen (secondary N) is 1. The van der Waals surface area contributed by atoms with Crippen LogP contribution in [0.5, 0.6) is 0 Å². The fourth-order valence-corrected chi connectivity index (χ4v) is 2.27. The average molecular weight is 256 g/mol. The summed E-state index contributed by atoms with van der Waals surface area (Å²) < 4.78 is 1.10. The maximum atomic E-state index is 4.42. The van der Waals surface area contributed by atoms with Crippen molar-refractivity contribution in [3.05, 3.63) is 28.5 Å². The molecular weight excluding hydrogens is 242 g/mol. The summed E-state index contributed by atoms with van der Waals surface area (Å²) in [5, 5.41) is 3.39. The van der Waals surface area contributed by atoms with Gasteiger partial charge in [-0.05, 0) is 35.1 Å². The van der Waals surface area contributed by atoms with Gasteiger partial charge < -0.3 is 5.32 Å². The molecule has 1 fully saturated rings. The molecule has 3 nitrogen and oxygen atoms in total. The lowest BCUT2D eigenvalue weighted by Crippen LogP contribution is -2.44. The van der Waals surface area contributed by atoms with Gasteiger partial charge in [0.25, 0.3) is 0 Å². The molecule has 1 unspecified atom stereocenters. The lowest BCUT2D eigenvalue weighted by molar-refractivity contribution is 0.198. The summed E-state index contributed by atoms with van der Waals surface area (Å²) >= 11 is 3.54. The third kappa shape index (κ3) is 1.97. The Balaban J connectivity index is 2.25. The number of rotatable bonds is 1. The second kappa shape index (κ2) is 4.38. The molecule has 1 atom stereocenters. The number of hydrogen-bond acceptors (Lipinski definition) is 3. The Labute approximate surface area is 92.6 Å². The highest BCUT2D eigenvalue weighted by Crippen LogP contribution is 2.25. The SMILES string of the molecule is CN1CCNCC1c1ncccc1Br. The van der Waals surface area contributed by atoms with E-state index < -0.39 is 0 Å². The summed E-state index contributed by atoms with van der Waals surface area (Å²) in [6.45, 7) is 3.12. The number of pyridine rings is 1. The van der Waals surface area contributed by atoms with Crippen LogP contribution in [0, 0.1) is 0 Å². The van der Waals surface area contributed by atoms with E-state index >= 15 is 0 Å². The van der Waals surface area contributed by atoms with Crippen LogP contribution in [-0.2, 0) is 0 Å². The van der Waals surface area contributed by atoms with Gasteiger partial charge in [-0.25, -0.2) is 0 Å². The molecular formula is C10H14BrN3. The lowest BCUT2D eigenvalue weighted by Gasteiger charge is -2.33. The van der Waals surface area contributed by atoms with Crippen molar-refractivity contribution in [1.29, 1.82) is 0 Å². The Kier molecular flexibility index (Phi) is 3.15. The van der Waals surface area contributed by atoms with E-state index in [0.29, 0.717) is 6.04 Å². The minimum Gasteiger partial charge on any atom is -0.313 e. The third-order valence-corrected chi connectivity index (χ3v) is 3.28. The lowest BCUT2D eigenvalue weighted by atomic mass is 10.1. The summed E-state index contributed by atoms with van der Waals surface area (Å²) in [5.74, 6) is 0. The number of halogens is 1. The molecule has 0 spiro atoms. The first-order valence-electron chi connectivity index (χ1n) is 4.80. The highest BCUT2D eigenvalue weighted by atomic mass is 79.9. The second-order valence-corrected chi connectivity index (χ2v) is 4.43. The van der Waals surface area contributed by atoms with E-state index in [2.05, 4.69) is 38.2 Å². The van der Waals surface area contributed by atoms with Gasteiger partial charge in [-0.1, -0.05) is 0 Å². The predicted molar refractivity (Wildman–Crippen MR) is 60.2 cm³/mol. The molecule has 0 aliphatic carbocycles. The average Bonchev–Trinajstić information content (AvgIpc) is 2.20. The molecule has 0 radical (unpaired) electrons. The molecule has 1 N–H and O–H groups in total. The standard InChI is InChI=1S/C10H14BrN3/c1-14-6-5-12-7-9(14)10-8(11)3-2-4-13-10/h2-4,9,12H,5-7H2,1H3. The first-order valence-corrected chi connectivity index (χ1v) is 5.59. The summed E-state index contributed by atoms with van der Waals surface area (Å²) in [6.07, 6.45) is 1.85. The predicted octanol–water partition coefficient (Wildman–Crippen LogP) is 1.42. The number of likely N-dealkylation sites (N-methyl/N-ethyl adjacent to an activating group) is 1. The molecule has 1 aromatic heterocycles. The fraction of sp³-hybridized carbons (Fsp3) is 0.500. The first kappa shape index (κ1) is 10.1. The van der Waals surface area contributed by atoms with Crippen LogP contribution in [0.2, 0.25) is 0 Å². The molecule has 14 heavy (non-hydrogen) atoms. The molecule has 0 bridgehead atoms. The fourth-order valence-electron chi connectivity index (χ4n) is 1.75. The monoisotopic (exact) mass is 255 g/mol. The molecule has 1 aliphatic rings. The quantitative estimate of drug-likeness (QED) is 0.823. The van der Waals surface area contributed by atoms with E-state index in [1.165, 1.54) is 0 Å². The van der Waals surface area contributed by atoms with Crippen LogP contribution in [0.3, 0.4) is 0 Å². The Morgan fingerprint density at radius 1 is 1.64 bits per heavy atom. The number of hydrogen-bond donors (Lipinski definition) is 1. The summed E-state index contributed by atoms with van der Waals surface area (Å²) in [6, 6.07) is 4.38. The van der Waals surface area contributed by atoms with Crippen molar-refractivity contribution in [3.63, 3.8) is 0 Å². The van der Waals surface area contributed by atoms with E-state index in [1.807, 2.05) is 18.3 Å². The maximum Gasteiger partial charge on any atom is 0.0729 e. The molecule has 2 rings (SSSR count). The van der Waals surface area contributed by atoms with Crippen LogP contribution in [-0.4, -0.2) is 36.6 Å². The molecule has 0 aromatic carbocycles. The van der Waals surface area contributed by atoms with Gasteiger partial charge >= 0.3 is 0 Å². The van der Waals surface area contributed by atoms with Crippen LogP contribution < -0.4 is 5.32 Å². The van der Waals surface area contributed by atoms with E-state index in [1.54, 1.807) is 0 Å². The van der Waals surface area contributed by atoms with Crippen LogP contribution in [0.1, 0.15) is 11.7 Å². The van der Waals surface area contributed by atoms with Gasteiger partial charge in [0.15, 0.2) is 0 Å². The zero-order valence-electron chi connectivity index (χ0n) is 8.20. The van der Waals surface area contributed by atoms with Crippen molar-refractivity contribution in [2.24, 2.45) is 0 Å². The minimum atomic E-state index is 0.388. The first-order chi connectivity index (χ1) is 6.79. The van der Waals surface area contributed by atoms with Crippen molar-refractivity contribution in [2.45, 2.75) is 6.04 Å². The van der Waals surface area contributed by atoms with Gasteiger partial charge in [-0.3, -0.25) is 9.88 Å². The van der Waals surface area contributed by atoms with E-state index in [-0.39, 0.29) is 0 Å². The smallest absolute Gasteiger partial charge is 0.0729 e. The third-order valence-electron chi connectivity index (χ3n) is 2.61. The zero-order valence-corrected chi connectivity index (χ0v) is 9.79. The normalized spacial score (nSPS) is 23.7. The highest BCUT2D eigenvalue weighted by Gasteiger charge is 2.22. The Morgan fingerprint density at radius 2 is 2.50 bits per heavy atom. The van der Waals surface area contributed by atoms with Crippen LogP contribution >= 0.6 is 15.9 Å². The van der Waals surface area contributed by atoms with Gasteiger partial charge in [0.1, 0.15) is 0 Å². The number of aromatic nitrogens is 1. The summed E-state index contributed by atoms with van der Waals surface area (Å²) in [7, 11) is 2.15. The zero-order chi connectivity index (χ0) is 9.97. The maximum absolute atomic E-state index is 4.42. The topological polar surface area (TPSA) is 28.2 Å². The Morgan fingerprint density at radius 3 is 3.21 bits per heavy atom. The van der Waals surface area contributed by atoms with E-state index in [0.717, 1.165) is 29.8 Å². The second-order valence-electron chi connectivity index (χ2n) is 3.57. The molecule has 2 heterocycles. The number of nitrogens with zero attached hydrogens (tertiary/aromatic N) is 2. The summed E-state index contributed by atoms with van der Waals surface area (Å²) in [5.41, 5.74) is 1.13. The van der Waals surface area contributed by atoms with Crippen molar-refractivity contribution < 1.29 is 0 Å². The Bertz CT molecular complexity index is 316. The number of piperazine rings is 1. The van der Waals surface area contributed by atoms with Crippen molar-refractivity contribution in [3.8, 4) is 0 Å². The minimum absolute atomic E-state index is 0.388. The molecule has 76 valence electrons. The molecule has 0 amide bonds. The molecule has 4 heteroatoms. The molecule has 1 saturated heterocycles. The van der Waals surface area contributed by atoms with Crippen LogP contribution in [0.25, 0.3) is 0 Å². The Hall–Kier alpha value is -0.450. The largest absolute Gasteiger partial charge is 0.313 e. The van der Waals surface area contributed by atoms with E-state index in [4.69, 9.17) is 0 Å². The summed E-state index contributed by atoms with van der Waals surface area (Å²) in [4.78, 5) is 6.76. The van der Waals surface area contributed by atoms with Gasteiger partial charge in [-0.2, -0.15) is 0 Å². The van der Waals surface area contributed by atoms with Crippen molar-refractivity contribution in [2.75, 3.05) is 26.7 Å². The van der Waals surface area contributed by atoms with E-state index in [9.17, 15) is 0 Å². The van der Waals surface area contributed by atoms with Crippen LogP contribution in [0.15, 0.2) is 22.8 Å². The van der Waals surface area contributed by atoms with Gasteiger partial charge in [0.2, 0.25) is 0 Å².